The number of aromatic nitrogens is 3. The van der Waals surface area contributed by atoms with Gasteiger partial charge in [0.05, 0.1) is 44.9 Å². The molecule has 0 saturated heterocycles. The maximum atomic E-state index is 13.3. The fraction of sp³-hybridized carbons (Fsp3) is 0.318. The number of aliphatic hydroxyl groups excluding tert-OH is 1. The van der Waals surface area contributed by atoms with E-state index in [0.717, 1.165) is 14.3 Å². The molecule has 2 atom stereocenters. The highest BCUT2D eigenvalue weighted by Gasteiger charge is 2.36. The van der Waals surface area contributed by atoms with Gasteiger partial charge in [-0.05, 0) is 44.5 Å². The molecule has 1 aliphatic heterocycles. The molecule has 0 bridgehead atoms. The minimum absolute atomic E-state index is 0.126. The Bertz CT molecular complexity index is 1360. The van der Waals surface area contributed by atoms with Gasteiger partial charge in [0.25, 0.3) is 10.0 Å². The molecule has 1 aromatic carbocycles. The first-order valence-electron chi connectivity index (χ1n) is 10.3. The van der Waals surface area contributed by atoms with Crippen LogP contribution in [0.4, 0.5) is 0 Å². The summed E-state index contributed by atoms with van der Waals surface area (Å²) in [6, 6.07) is 4.76. The van der Waals surface area contributed by atoms with Gasteiger partial charge in [-0.25, -0.2) is 4.98 Å². The van der Waals surface area contributed by atoms with Crippen molar-refractivity contribution < 1.29 is 18.3 Å². The molecule has 2 aromatic heterocycles. The highest BCUT2D eigenvalue weighted by molar-refractivity contribution is 7.89. The number of nitrogens with zero attached hydrogens (tertiary/aromatic N) is 4. The van der Waals surface area contributed by atoms with E-state index >= 15 is 0 Å². The lowest BCUT2D eigenvalue weighted by molar-refractivity contribution is -0.137. The third-order valence-electron chi connectivity index (χ3n) is 5.54. The van der Waals surface area contributed by atoms with Crippen LogP contribution in [0, 0.1) is 5.92 Å². The number of halogens is 1. The van der Waals surface area contributed by atoms with Crippen LogP contribution in [0.3, 0.4) is 0 Å². The van der Waals surface area contributed by atoms with E-state index in [4.69, 9.17) is 11.6 Å². The van der Waals surface area contributed by atoms with Crippen LogP contribution in [0.2, 0.25) is 0 Å². The van der Waals surface area contributed by atoms with Crippen molar-refractivity contribution in [1.29, 1.82) is 0 Å². The molecule has 11 heteroatoms. The van der Waals surface area contributed by atoms with Crippen molar-refractivity contribution >= 4 is 49.1 Å². The van der Waals surface area contributed by atoms with Crippen LogP contribution in [-0.4, -0.2) is 44.6 Å². The second-order valence-electron chi connectivity index (χ2n) is 7.86. The topological polar surface area (TPSA) is 105 Å². The van der Waals surface area contributed by atoms with Gasteiger partial charge < -0.3 is 10.0 Å². The van der Waals surface area contributed by atoms with Crippen molar-refractivity contribution in [2.24, 2.45) is 5.92 Å². The monoisotopic (exact) mass is 506 g/mol. The van der Waals surface area contributed by atoms with Gasteiger partial charge >= 0.3 is 0 Å². The Labute approximate surface area is 200 Å². The number of allylic oxidation sites excluding steroid dienone is 3. The summed E-state index contributed by atoms with van der Waals surface area (Å²) >= 11 is 7.56. The molecule has 0 spiro atoms. The molecular formula is C22H23ClN4O4S2. The van der Waals surface area contributed by atoms with Crippen LogP contribution in [0.15, 0.2) is 57.6 Å². The van der Waals surface area contributed by atoms with Gasteiger partial charge in [0.15, 0.2) is 0 Å². The Morgan fingerprint density at radius 3 is 2.73 bits per heavy atom. The summed E-state index contributed by atoms with van der Waals surface area (Å²) in [5.74, 6) is -1.12. The number of aliphatic hydroxyl groups is 1. The van der Waals surface area contributed by atoms with Crippen molar-refractivity contribution in [2.45, 2.75) is 44.9 Å². The summed E-state index contributed by atoms with van der Waals surface area (Å²) < 4.78 is 27.9. The summed E-state index contributed by atoms with van der Waals surface area (Å²) in [7, 11) is -3.88. The van der Waals surface area contributed by atoms with Crippen molar-refractivity contribution in [3.05, 3.63) is 63.9 Å². The average Bonchev–Trinajstić information content (AvgIpc) is 3.46. The highest BCUT2D eigenvalue weighted by Crippen LogP contribution is 2.31. The van der Waals surface area contributed by atoms with Crippen LogP contribution in [0.1, 0.15) is 32.0 Å². The Morgan fingerprint density at radius 1 is 1.33 bits per heavy atom. The third-order valence-corrected chi connectivity index (χ3v) is 8.08. The number of benzene rings is 1. The van der Waals surface area contributed by atoms with Crippen LogP contribution >= 0.6 is 22.9 Å². The third kappa shape index (κ3) is 4.35. The van der Waals surface area contributed by atoms with Gasteiger partial charge in [0.1, 0.15) is 0 Å². The van der Waals surface area contributed by atoms with Gasteiger partial charge in [-0.2, -0.15) is 17.6 Å². The fourth-order valence-corrected chi connectivity index (χ4v) is 6.08. The lowest BCUT2D eigenvalue weighted by atomic mass is 9.91. The second-order valence-corrected chi connectivity index (χ2v) is 11.1. The van der Waals surface area contributed by atoms with E-state index in [1.54, 1.807) is 48.5 Å². The van der Waals surface area contributed by atoms with Crippen LogP contribution in [0.25, 0.3) is 10.2 Å². The number of thiazole rings is 1. The summed E-state index contributed by atoms with van der Waals surface area (Å²) in [5, 5.41) is 15.0. The van der Waals surface area contributed by atoms with E-state index in [1.807, 2.05) is 6.92 Å². The quantitative estimate of drug-likeness (QED) is 0.511. The van der Waals surface area contributed by atoms with Crippen LogP contribution in [0.5, 0.6) is 0 Å². The predicted octanol–water partition coefficient (Wildman–Crippen LogP) is 3.66. The first kappa shape index (κ1) is 23.6. The van der Waals surface area contributed by atoms with Crippen LogP contribution in [-0.2, 0) is 27.9 Å². The average molecular weight is 507 g/mol. The van der Waals surface area contributed by atoms with Gasteiger partial charge in [-0.3, -0.25) is 4.79 Å². The Kier molecular flexibility index (Phi) is 6.45. The molecule has 0 unspecified atom stereocenters. The summed E-state index contributed by atoms with van der Waals surface area (Å²) in [5.41, 5.74) is 4.11. The SMILES string of the molecule is C/C=C\C(=C(/C)Cl)[C@@H](C(=O)N1Cc2cn(S(=O)(=O)c3ccc4ncsc4c3)nc2C1)[C@H](C)O. The molecule has 1 amide bonds. The number of carbonyl (C=O) groups excluding carboxylic acids is 1. The van der Waals surface area contributed by atoms with Crippen molar-refractivity contribution in [3.63, 3.8) is 0 Å². The fourth-order valence-electron chi connectivity index (χ4n) is 3.92. The molecule has 3 aromatic rings. The number of hydrogen-bond donors (Lipinski definition) is 1. The van der Waals surface area contributed by atoms with E-state index in [2.05, 4.69) is 10.1 Å². The largest absolute Gasteiger partial charge is 0.392 e. The summed E-state index contributed by atoms with van der Waals surface area (Å²) in [6.45, 7) is 5.39. The molecule has 1 aliphatic rings. The highest BCUT2D eigenvalue weighted by atomic mass is 35.5. The molecule has 0 saturated carbocycles. The second kappa shape index (κ2) is 9.02. The minimum atomic E-state index is -3.88. The maximum Gasteiger partial charge on any atom is 0.283 e. The zero-order valence-electron chi connectivity index (χ0n) is 18.3. The molecule has 4 rings (SSSR count). The first-order chi connectivity index (χ1) is 15.6. The Balaban J connectivity index is 1.58. The lowest BCUT2D eigenvalue weighted by Crippen LogP contribution is -2.38. The standard InChI is InChI=1S/C22H23ClN4O4S2/c1-4-5-17(13(2)23)21(14(3)28)22(29)26-9-15-10-27(25-19(15)11-26)33(30,31)16-6-7-18-20(8-16)32-12-24-18/h4-8,10,12,14,21,28H,9,11H2,1-3H3/b5-4-,17-13-/t14-,21-/m0/s1. The summed E-state index contributed by atoms with van der Waals surface area (Å²) in [4.78, 5) is 19.1. The van der Waals surface area contributed by atoms with E-state index in [9.17, 15) is 18.3 Å². The normalized spacial score (nSPS) is 16.8. The van der Waals surface area contributed by atoms with Crippen molar-refractivity contribution in [1.82, 2.24) is 19.1 Å². The molecule has 3 heterocycles. The van der Waals surface area contributed by atoms with Gasteiger partial charge in [-0.15, -0.1) is 11.3 Å². The van der Waals surface area contributed by atoms with E-state index in [1.165, 1.54) is 23.6 Å². The molecule has 0 aliphatic carbocycles. The molecular weight excluding hydrogens is 484 g/mol. The lowest BCUT2D eigenvalue weighted by Gasteiger charge is -2.26. The van der Waals surface area contributed by atoms with Gasteiger partial charge in [0, 0.05) is 23.3 Å². The molecule has 0 radical (unpaired) electrons. The minimum Gasteiger partial charge on any atom is -0.392 e. The number of fused-ring (bicyclic) bond motifs is 2. The zero-order chi connectivity index (χ0) is 23.9. The molecule has 33 heavy (non-hydrogen) atoms. The number of carbonyl (C=O) groups is 1. The van der Waals surface area contributed by atoms with E-state index in [-0.39, 0.29) is 23.9 Å². The van der Waals surface area contributed by atoms with Crippen LogP contribution < -0.4 is 0 Å². The summed E-state index contributed by atoms with van der Waals surface area (Å²) in [6.07, 6.45) is 3.98. The smallest absolute Gasteiger partial charge is 0.283 e. The molecule has 8 nitrogen and oxygen atoms in total. The number of amides is 1. The van der Waals surface area contributed by atoms with E-state index in [0.29, 0.717) is 21.9 Å². The van der Waals surface area contributed by atoms with E-state index < -0.39 is 22.0 Å². The zero-order valence-corrected chi connectivity index (χ0v) is 20.7. The van der Waals surface area contributed by atoms with Crippen molar-refractivity contribution in [3.8, 4) is 0 Å². The number of hydrogen-bond acceptors (Lipinski definition) is 7. The van der Waals surface area contributed by atoms with Crippen molar-refractivity contribution in [2.75, 3.05) is 0 Å². The molecule has 1 N–H and O–H groups in total. The Morgan fingerprint density at radius 2 is 2.09 bits per heavy atom. The predicted molar refractivity (Wildman–Crippen MR) is 127 cm³/mol. The number of rotatable bonds is 6. The van der Waals surface area contributed by atoms with Gasteiger partial charge in [0.2, 0.25) is 5.91 Å². The molecule has 0 fully saturated rings. The Hall–Kier alpha value is -2.53. The maximum absolute atomic E-state index is 13.3. The first-order valence-corrected chi connectivity index (χ1v) is 12.9. The molecule has 174 valence electrons. The van der Waals surface area contributed by atoms with Gasteiger partial charge in [-0.1, -0.05) is 23.8 Å².